The van der Waals surface area contributed by atoms with Crippen molar-refractivity contribution >= 4 is 33.7 Å². The zero-order valence-corrected chi connectivity index (χ0v) is 13.5. The summed E-state index contributed by atoms with van der Waals surface area (Å²) in [6.07, 6.45) is 0.963. The van der Waals surface area contributed by atoms with Crippen LogP contribution in [0.4, 0.5) is 4.39 Å². The van der Waals surface area contributed by atoms with Gasteiger partial charge in [-0.1, -0.05) is 6.07 Å². The van der Waals surface area contributed by atoms with Crippen LogP contribution in [-0.4, -0.2) is 41.5 Å². The lowest BCUT2D eigenvalue weighted by atomic mass is 10.1. The molecule has 3 rings (SSSR count). The Kier molecular flexibility index (Phi) is 4.21. The van der Waals surface area contributed by atoms with Crippen molar-refractivity contribution < 1.29 is 4.39 Å². The van der Waals surface area contributed by atoms with Crippen LogP contribution in [0.3, 0.4) is 0 Å². The van der Waals surface area contributed by atoms with Gasteiger partial charge in [-0.15, -0.1) is 0 Å². The fourth-order valence-electron chi connectivity index (χ4n) is 2.47. The molecule has 20 heavy (non-hydrogen) atoms. The second-order valence-electron chi connectivity index (χ2n) is 5.17. The van der Waals surface area contributed by atoms with Crippen LogP contribution in [0, 0.1) is 5.82 Å². The summed E-state index contributed by atoms with van der Waals surface area (Å²) in [5.74, 6) is 2.98. The highest BCUT2D eigenvalue weighted by atomic mass is 79.9. The Labute approximate surface area is 130 Å². The maximum atomic E-state index is 13.5. The maximum Gasteiger partial charge on any atom is 0.191 e. The molecule has 2 aliphatic rings. The molecule has 1 saturated carbocycles. The van der Waals surface area contributed by atoms with Crippen molar-refractivity contribution in [1.82, 2.24) is 4.90 Å². The number of halogens is 2. The van der Waals surface area contributed by atoms with E-state index < -0.39 is 0 Å². The van der Waals surface area contributed by atoms with Crippen molar-refractivity contribution in [3.63, 3.8) is 0 Å². The zero-order chi connectivity index (χ0) is 14.1. The minimum atomic E-state index is -0.210. The van der Waals surface area contributed by atoms with Crippen LogP contribution in [0.25, 0.3) is 0 Å². The van der Waals surface area contributed by atoms with Crippen molar-refractivity contribution in [2.45, 2.75) is 18.4 Å². The van der Waals surface area contributed by atoms with Crippen molar-refractivity contribution in [2.75, 3.05) is 24.6 Å². The molecule has 1 saturated heterocycles. The number of nitrogens with zero attached hydrogens (tertiary/aromatic N) is 2. The second kappa shape index (κ2) is 5.93. The van der Waals surface area contributed by atoms with Crippen LogP contribution in [0.1, 0.15) is 17.9 Å². The number of nitrogens with two attached hydrogens (primary N) is 1. The highest BCUT2D eigenvalue weighted by Gasteiger charge is 2.39. The van der Waals surface area contributed by atoms with Gasteiger partial charge in [0, 0.05) is 30.5 Å². The van der Waals surface area contributed by atoms with Gasteiger partial charge in [0.25, 0.3) is 0 Å². The minimum absolute atomic E-state index is 0.210. The van der Waals surface area contributed by atoms with Crippen LogP contribution in [-0.2, 0) is 0 Å². The first-order valence-corrected chi connectivity index (χ1v) is 8.71. The van der Waals surface area contributed by atoms with Gasteiger partial charge in [-0.3, -0.25) is 0 Å². The third kappa shape index (κ3) is 3.11. The molecule has 1 aromatic rings. The molecule has 1 aromatic carbocycles. The number of aliphatic imine (C=N–C) groups is 1. The van der Waals surface area contributed by atoms with Gasteiger partial charge in [-0.2, -0.15) is 11.8 Å². The normalized spacial score (nSPS) is 26.7. The Morgan fingerprint density at radius 3 is 2.85 bits per heavy atom. The smallest absolute Gasteiger partial charge is 0.191 e. The number of guanidine groups is 1. The fourth-order valence-corrected chi connectivity index (χ4v) is 3.62. The topological polar surface area (TPSA) is 41.6 Å². The molecule has 0 aromatic heterocycles. The molecule has 1 aliphatic carbocycles. The summed E-state index contributed by atoms with van der Waals surface area (Å²) >= 11 is 5.13. The molecular weight excluding hydrogens is 341 g/mol. The summed E-state index contributed by atoms with van der Waals surface area (Å²) in [5.41, 5.74) is 7.08. The second-order valence-corrected chi connectivity index (χ2v) is 7.25. The fraction of sp³-hybridized carbons (Fsp3) is 0.500. The summed E-state index contributed by atoms with van der Waals surface area (Å²) in [6.45, 7) is 1.95. The van der Waals surface area contributed by atoms with Crippen molar-refractivity contribution in [3.05, 3.63) is 34.1 Å². The van der Waals surface area contributed by atoms with E-state index in [4.69, 9.17) is 5.73 Å². The van der Waals surface area contributed by atoms with Gasteiger partial charge in [0.2, 0.25) is 0 Å². The Balaban J connectivity index is 1.64. The van der Waals surface area contributed by atoms with Gasteiger partial charge >= 0.3 is 0 Å². The molecule has 2 N–H and O–H groups in total. The van der Waals surface area contributed by atoms with Crippen LogP contribution in [0.15, 0.2) is 27.7 Å². The lowest BCUT2D eigenvalue weighted by Gasteiger charge is -2.27. The summed E-state index contributed by atoms with van der Waals surface area (Å²) in [4.78, 5) is 6.75. The first-order chi connectivity index (χ1) is 9.65. The maximum absolute atomic E-state index is 13.5. The van der Waals surface area contributed by atoms with E-state index in [9.17, 15) is 4.39 Å². The molecule has 1 aliphatic heterocycles. The third-order valence-electron chi connectivity index (χ3n) is 3.76. The molecule has 2 atom stereocenters. The number of hydrogen-bond acceptors (Lipinski definition) is 2. The molecule has 3 nitrogen and oxygen atoms in total. The quantitative estimate of drug-likeness (QED) is 0.653. The summed E-state index contributed by atoms with van der Waals surface area (Å²) in [7, 11) is 0. The molecule has 0 amide bonds. The van der Waals surface area contributed by atoms with Crippen LogP contribution < -0.4 is 5.73 Å². The SMILES string of the molecule is NC(=N[C@@H]1C[C@H]1c1ccc(Br)c(F)c1)N1CCSCC1. The Hall–Kier alpha value is -0.750. The lowest BCUT2D eigenvalue weighted by molar-refractivity contribution is 0.455. The molecule has 108 valence electrons. The van der Waals surface area contributed by atoms with E-state index >= 15 is 0 Å². The highest BCUT2D eigenvalue weighted by Crippen LogP contribution is 2.44. The van der Waals surface area contributed by atoms with E-state index in [0.717, 1.165) is 36.6 Å². The Bertz CT molecular complexity index is 531. The number of hydrogen-bond donors (Lipinski definition) is 1. The summed E-state index contributed by atoms with van der Waals surface area (Å²) < 4.78 is 14.0. The first kappa shape index (κ1) is 14.2. The molecular formula is C14H17BrFN3S. The molecule has 0 bridgehead atoms. The highest BCUT2D eigenvalue weighted by molar-refractivity contribution is 9.10. The van der Waals surface area contributed by atoms with Crippen molar-refractivity contribution in [1.29, 1.82) is 0 Å². The largest absolute Gasteiger partial charge is 0.370 e. The number of thioether (sulfide) groups is 1. The average molecular weight is 358 g/mol. The van der Waals surface area contributed by atoms with Crippen LogP contribution in [0.5, 0.6) is 0 Å². The standard InChI is InChI=1S/C14H17BrFN3S/c15-11-2-1-9(7-12(11)16)10-8-13(10)18-14(17)19-3-5-20-6-4-19/h1-2,7,10,13H,3-6,8H2,(H2,17,18)/t10-,13+/m0/s1. The minimum Gasteiger partial charge on any atom is -0.370 e. The van der Waals surface area contributed by atoms with E-state index in [1.807, 2.05) is 17.8 Å². The van der Waals surface area contributed by atoms with Gasteiger partial charge in [0.15, 0.2) is 5.96 Å². The third-order valence-corrected chi connectivity index (χ3v) is 5.35. The Morgan fingerprint density at radius 2 is 2.15 bits per heavy atom. The predicted octanol–water partition coefficient (Wildman–Crippen LogP) is 2.81. The average Bonchev–Trinajstić information content (AvgIpc) is 3.22. The molecule has 1 heterocycles. The zero-order valence-electron chi connectivity index (χ0n) is 11.1. The van der Waals surface area contributed by atoms with E-state index in [1.54, 1.807) is 12.1 Å². The van der Waals surface area contributed by atoms with Gasteiger partial charge < -0.3 is 10.6 Å². The molecule has 0 unspecified atom stereocenters. The predicted molar refractivity (Wildman–Crippen MR) is 85.8 cm³/mol. The lowest BCUT2D eigenvalue weighted by Crippen LogP contribution is -2.42. The summed E-state index contributed by atoms with van der Waals surface area (Å²) in [5, 5.41) is 0. The van der Waals surface area contributed by atoms with Crippen molar-refractivity contribution in [2.24, 2.45) is 10.7 Å². The van der Waals surface area contributed by atoms with Gasteiger partial charge in [0.05, 0.1) is 10.5 Å². The monoisotopic (exact) mass is 357 g/mol. The molecule has 6 heteroatoms. The molecule has 2 fully saturated rings. The van der Waals surface area contributed by atoms with Gasteiger partial charge in [-0.25, -0.2) is 9.38 Å². The number of rotatable bonds is 2. The first-order valence-electron chi connectivity index (χ1n) is 6.76. The Morgan fingerprint density at radius 1 is 1.40 bits per heavy atom. The van der Waals surface area contributed by atoms with Gasteiger partial charge in [-0.05, 0) is 40.0 Å². The van der Waals surface area contributed by atoms with E-state index in [0.29, 0.717) is 16.4 Å². The van der Waals surface area contributed by atoms with Gasteiger partial charge in [0.1, 0.15) is 5.82 Å². The molecule has 0 radical (unpaired) electrons. The van der Waals surface area contributed by atoms with Crippen molar-refractivity contribution in [3.8, 4) is 0 Å². The summed E-state index contributed by atoms with van der Waals surface area (Å²) in [6, 6.07) is 5.53. The van der Waals surface area contributed by atoms with E-state index in [2.05, 4.69) is 25.8 Å². The van der Waals surface area contributed by atoms with E-state index in [-0.39, 0.29) is 11.9 Å². The molecule has 0 spiro atoms. The van der Waals surface area contributed by atoms with E-state index in [1.165, 1.54) is 0 Å². The van der Waals surface area contributed by atoms with Crippen LogP contribution in [0.2, 0.25) is 0 Å². The number of benzene rings is 1. The van der Waals surface area contributed by atoms with Crippen LogP contribution >= 0.6 is 27.7 Å².